The molecule has 0 heterocycles. The molecule has 0 aliphatic carbocycles. The smallest absolute Gasteiger partial charge is 0.261 e. The summed E-state index contributed by atoms with van der Waals surface area (Å²) in [5.74, 6) is -0.0597. The van der Waals surface area contributed by atoms with E-state index in [0.29, 0.717) is 30.3 Å². The number of nitrogens with one attached hydrogen (secondary N) is 1. The summed E-state index contributed by atoms with van der Waals surface area (Å²) < 4.78 is 24.5. The van der Waals surface area contributed by atoms with Crippen molar-refractivity contribution in [3.05, 3.63) is 59.4 Å². The Hall–Kier alpha value is -2.27. The van der Waals surface area contributed by atoms with Gasteiger partial charge in [-0.3, -0.25) is 4.79 Å². The van der Waals surface area contributed by atoms with Gasteiger partial charge in [-0.2, -0.15) is 0 Å². The molecule has 0 bridgehead atoms. The Morgan fingerprint density at radius 2 is 1.92 bits per heavy atom. The Bertz CT molecular complexity index is 664. The van der Waals surface area contributed by atoms with Gasteiger partial charge in [0.15, 0.2) is 17.7 Å². The summed E-state index contributed by atoms with van der Waals surface area (Å²) in [5, 5.41) is 3.35. The lowest BCUT2D eigenvalue weighted by Crippen LogP contribution is -2.39. The molecular weight excluding hydrogens is 333 g/mol. The third-order valence-electron chi connectivity index (χ3n) is 3.25. The lowest BCUT2D eigenvalue weighted by Gasteiger charge is -2.17. The first-order chi connectivity index (χ1) is 11.6. The normalized spacial score (nSPS) is 11.6. The van der Waals surface area contributed by atoms with Gasteiger partial charge in [0, 0.05) is 5.02 Å². The molecule has 0 aliphatic heterocycles. The van der Waals surface area contributed by atoms with Crippen LogP contribution in [0.5, 0.6) is 11.5 Å². The van der Waals surface area contributed by atoms with Gasteiger partial charge in [-0.25, -0.2) is 4.39 Å². The molecule has 2 aromatic rings. The number of hydrogen-bond donors (Lipinski definition) is 1. The fourth-order valence-electron chi connectivity index (χ4n) is 2.00. The second-order valence-corrected chi connectivity index (χ2v) is 5.48. The van der Waals surface area contributed by atoms with Crippen LogP contribution in [-0.2, 0) is 4.79 Å². The van der Waals surface area contributed by atoms with Crippen LogP contribution in [0.4, 0.5) is 4.39 Å². The average molecular weight is 352 g/mol. The summed E-state index contributed by atoms with van der Waals surface area (Å²) >= 11 is 5.79. The molecule has 0 spiro atoms. The third-order valence-corrected chi connectivity index (χ3v) is 3.50. The van der Waals surface area contributed by atoms with Crippen LogP contribution in [-0.4, -0.2) is 25.2 Å². The Morgan fingerprint density at radius 3 is 2.58 bits per heavy atom. The fraction of sp³-hybridized carbons (Fsp3) is 0.278. The van der Waals surface area contributed by atoms with E-state index < -0.39 is 11.9 Å². The van der Waals surface area contributed by atoms with Crippen LogP contribution in [0.3, 0.4) is 0 Å². The Morgan fingerprint density at radius 1 is 1.21 bits per heavy atom. The number of carbonyl (C=O) groups is 1. The van der Waals surface area contributed by atoms with Crippen LogP contribution in [0.25, 0.3) is 0 Å². The van der Waals surface area contributed by atoms with Crippen LogP contribution < -0.4 is 14.8 Å². The molecule has 0 unspecified atom stereocenters. The van der Waals surface area contributed by atoms with E-state index in [1.54, 1.807) is 43.3 Å². The SMILES string of the molecule is CC[C@@H](Oc1ccccc1F)C(=O)NCCOc1ccc(Cl)cc1. The van der Waals surface area contributed by atoms with E-state index in [2.05, 4.69) is 5.32 Å². The molecule has 0 aromatic heterocycles. The van der Waals surface area contributed by atoms with E-state index in [1.807, 2.05) is 0 Å². The highest BCUT2D eigenvalue weighted by Gasteiger charge is 2.19. The third kappa shape index (κ3) is 5.42. The molecule has 6 heteroatoms. The summed E-state index contributed by atoms with van der Waals surface area (Å²) in [6.07, 6.45) is -0.324. The molecule has 1 atom stereocenters. The monoisotopic (exact) mass is 351 g/mol. The summed E-state index contributed by atoms with van der Waals surface area (Å²) in [5.41, 5.74) is 0. The molecule has 0 aliphatic rings. The van der Waals surface area contributed by atoms with Gasteiger partial charge in [0.2, 0.25) is 0 Å². The molecule has 0 saturated carbocycles. The predicted molar refractivity (Wildman–Crippen MR) is 91.1 cm³/mol. The molecule has 2 aromatic carbocycles. The maximum absolute atomic E-state index is 13.6. The van der Waals surface area contributed by atoms with Gasteiger partial charge in [0.1, 0.15) is 12.4 Å². The van der Waals surface area contributed by atoms with Gasteiger partial charge in [-0.1, -0.05) is 30.7 Å². The summed E-state index contributed by atoms with van der Waals surface area (Å²) in [6.45, 7) is 2.43. The van der Waals surface area contributed by atoms with Gasteiger partial charge >= 0.3 is 0 Å². The van der Waals surface area contributed by atoms with Crippen molar-refractivity contribution in [3.8, 4) is 11.5 Å². The standard InChI is InChI=1S/C18H19ClFNO3/c1-2-16(24-17-6-4-3-5-15(17)20)18(22)21-11-12-23-14-9-7-13(19)8-10-14/h3-10,16H,2,11-12H2,1H3,(H,21,22)/t16-/m1/s1. The first kappa shape index (κ1) is 18.1. The predicted octanol–water partition coefficient (Wildman–Crippen LogP) is 3.83. The molecule has 0 fully saturated rings. The van der Waals surface area contributed by atoms with Crippen molar-refractivity contribution < 1.29 is 18.7 Å². The molecule has 4 nitrogen and oxygen atoms in total. The van der Waals surface area contributed by atoms with Crippen LogP contribution in [0.1, 0.15) is 13.3 Å². The van der Waals surface area contributed by atoms with Crippen molar-refractivity contribution in [1.29, 1.82) is 0 Å². The van der Waals surface area contributed by atoms with Crippen molar-refractivity contribution in [3.63, 3.8) is 0 Å². The largest absolute Gasteiger partial charge is 0.492 e. The maximum Gasteiger partial charge on any atom is 0.261 e. The van der Waals surface area contributed by atoms with E-state index >= 15 is 0 Å². The van der Waals surface area contributed by atoms with E-state index in [4.69, 9.17) is 21.1 Å². The Labute approximate surface area is 145 Å². The first-order valence-electron chi connectivity index (χ1n) is 7.67. The summed E-state index contributed by atoms with van der Waals surface area (Å²) in [7, 11) is 0. The second kappa shape index (κ2) is 9.13. The molecule has 0 radical (unpaired) electrons. The van der Waals surface area contributed by atoms with E-state index in [1.165, 1.54) is 12.1 Å². The molecule has 0 saturated heterocycles. The topological polar surface area (TPSA) is 47.6 Å². The molecular formula is C18H19ClFNO3. The van der Waals surface area contributed by atoms with Gasteiger partial charge in [-0.05, 0) is 42.8 Å². The maximum atomic E-state index is 13.6. The Kier molecular flexibility index (Phi) is 6.88. The Balaban J connectivity index is 1.77. The highest BCUT2D eigenvalue weighted by Crippen LogP contribution is 2.18. The van der Waals surface area contributed by atoms with Gasteiger partial charge in [0.05, 0.1) is 6.54 Å². The first-order valence-corrected chi connectivity index (χ1v) is 8.05. The van der Waals surface area contributed by atoms with Crippen molar-refractivity contribution in [2.75, 3.05) is 13.2 Å². The number of hydrogen-bond acceptors (Lipinski definition) is 3. The number of carbonyl (C=O) groups excluding carboxylic acids is 1. The lowest BCUT2D eigenvalue weighted by atomic mass is 10.2. The zero-order chi connectivity index (χ0) is 17.4. The minimum absolute atomic E-state index is 0.0666. The summed E-state index contributed by atoms with van der Waals surface area (Å²) in [6, 6.07) is 13.0. The van der Waals surface area contributed by atoms with E-state index in [0.717, 1.165) is 0 Å². The molecule has 128 valence electrons. The lowest BCUT2D eigenvalue weighted by molar-refractivity contribution is -0.128. The van der Waals surface area contributed by atoms with Gasteiger partial charge < -0.3 is 14.8 Å². The van der Waals surface area contributed by atoms with E-state index in [-0.39, 0.29) is 11.7 Å². The zero-order valence-electron chi connectivity index (χ0n) is 13.3. The van der Waals surface area contributed by atoms with Crippen LogP contribution >= 0.6 is 11.6 Å². The minimum Gasteiger partial charge on any atom is -0.492 e. The number of rotatable bonds is 8. The van der Waals surface area contributed by atoms with Crippen molar-refractivity contribution in [1.82, 2.24) is 5.32 Å². The van der Waals surface area contributed by atoms with Gasteiger partial charge in [-0.15, -0.1) is 0 Å². The highest BCUT2D eigenvalue weighted by molar-refractivity contribution is 6.30. The second-order valence-electron chi connectivity index (χ2n) is 5.04. The quantitative estimate of drug-likeness (QED) is 0.735. The molecule has 1 amide bonds. The van der Waals surface area contributed by atoms with E-state index in [9.17, 15) is 9.18 Å². The number of ether oxygens (including phenoxy) is 2. The van der Waals surface area contributed by atoms with Gasteiger partial charge in [0.25, 0.3) is 5.91 Å². The fourth-order valence-corrected chi connectivity index (χ4v) is 2.13. The highest BCUT2D eigenvalue weighted by atomic mass is 35.5. The van der Waals surface area contributed by atoms with Crippen molar-refractivity contribution in [2.45, 2.75) is 19.4 Å². The number of benzene rings is 2. The average Bonchev–Trinajstić information content (AvgIpc) is 2.59. The minimum atomic E-state index is -0.752. The zero-order valence-corrected chi connectivity index (χ0v) is 14.1. The number of amides is 1. The number of halogens is 2. The van der Waals surface area contributed by atoms with Crippen LogP contribution in [0.15, 0.2) is 48.5 Å². The van der Waals surface area contributed by atoms with Crippen molar-refractivity contribution >= 4 is 17.5 Å². The summed E-state index contributed by atoms with van der Waals surface area (Å²) in [4.78, 5) is 12.1. The van der Waals surface area contributed by atoms with Crippen molar-refractivity contribution in [2.24, 2.45) is 0 Å². The molecule has 2 rings (SSSR count). The molecule has 1 N–H and O–H groups in total. The van der Waals surface area contributed by atoms with Crippen LogP contribution in [0, 0.1) is 5.82 Å². The number of para-hydroxylation sites is 1. The molecule has 24 heavy (non-hydrogen) atoms. The van der Waals surface area contributed by atoms with Crippen LogP contribution in [0.2, 0.25) is 5.02 Å².